The second-order valence-corrected chi connectivity index (χ2v) is 6.61. The van der Waals surface area contributed by atoms with Gasteiger partial charge in [-0.15, -0.1) is 0 Å². The van der Waals surface area contributed by atoms with Crippen LogP contribution in [-0.4, -0.2) is 20.6 Å². The van der Waals surface area contributed by atoms with Crippen molar-refractivity contribution in [3.8, 4) is 0 Å². The third-order valence-corrected chi connectivity index (χ3v) is 4.71. The van der Waals surface area contributed by atoms with Crippen LogP contribution in [0.25, 0.3) is 5.70 Å². The molecular formula is C24H25N3O. The van der Waals surface area contributed by atoms with Crippen molar-refractivity contribution in [2.75, 3.05) is 0 Å². The third-order valence-electron chi connectivity index (χ3n) is 4.71. The second kappa shape index (κ2) is 9.00. The summed E-state index contributed by atoms with van der Waals surface area (Å²) in [6.07, 6.45) is 5.31. The highest BCUT2D eigenvalue weighted by atomic mass is 16.2. The number of aromatic nitrogens is 2. The Morgan fingerprint density at radius 3 is 2.04 bits per heavy atom. The number of hydrogen-bond acceptors (Lipinski definition) is 2. The molecule has 0 fully saturated rings. The van der Waals surface area contributed by atoms with Gasteiger partial charge in [-0.05, 0) is 31.1 Å². The summed E-state index contributed by atoms with van der Waals surface area (Å²) < 4.78 is 1.75. The highest BCUT2D eigenvalue weighted by Gasteiger charge is 2.22. The second-order valence-electron chi connectivity index (χ2n) is 6.61. The Morgan fingerprint density at radius 1 is 1.04 bits per heavy atom. The molecule has 0 N–H and O–H groups in total. The zero-order chi connectivity index (χ0) is 19.9. The van der Waals surface area contributed by atoms with E-state index in [1.54, 1.807) is 17.0 Å². The molecule has 3 aromatic rings. The van der Waals surface area contributed by atoms with Crippen molar-refractivity contribution in [1.29, 1.82) is 0 Å². The van der Waals surface area contributed by atoms with Crippen molar-refractivity contribution in [3.63, 3.8) is 0 Å². The number of benzene rings is 2. The van der Waals surface area contributed by atoms with E-state index in [-0.39, 0.29) is 5.91 Å². The number of amides is 1. The van der Waals surface area contributed by atoms with Crippen LogP contribution in [0.5, 0.6) is 0 Å². The van der Waals surface area contributed by atoms with E-state index in [1.807, 2.05) is 85.5 Å². The van der Waals surface area contributed by atoms with Crippen LogP contribution in [0.3, 0.4) is 0 Å². The van der Waals surface area contributed by atoms with Gasteiger partial charge >= 0.3 is 0 Å². The van der Waals surface area contributed by atoms with Gasteiger partial charge in [0, 0.05) is 13.1 Å². The van der Waals surface area contributed by atoms with Gasteiger partial charge in [0.15, 0.2) is 0 Å². The van der Waals surface area contributed by atoms with Crippen LogP contribution in [0.15, 0.2) is 85.6 Å². The molecule has 1 aromatic heterocycles. The first-order valence-corrected chi connectivity index (χ1v) is 9.35. The predicted molar refractivity (Wildman–Crippen MR) is 114 cm³/mol. The van der Waals surface area contributed by atoms with Crippen molar-refractivity contribution in [2.45, 2.75) is 26.9 Å². The first kappa shape index (κ1) is 19.4. The van der Waals surface area contributed by atoms with Crippen LogP contribution in [0.2, 0.25) is 0 Å². The molecule has 4 nitrogen and oxygen atoms in total. The molecule has 0 bridgehead atoms. The number of nitrogens with zero attached hydrogens (tertiary/aromatic N) is 3. The minimum Gasteiger partial charge on any atom is -0.330 e. The molecule has 0 aliphatic rings. The maximum Gasteiger partial charge on any atom is 0.257 e. The molecule has 1 heterocycles. The molecule has 2 aromatic carbocycles. The van der Waals surface area contributed by atoms with Crippen molar-refractivity contribution in [2.24, 2.45) is 0 Å². The van der Waals surface area contributed by atoms with E-state index in [0.29, 0.717) is 18.7 Å². The summed E-state index contributed by atoms with van der Waals surface area (Å²) in [7, 11) is 0. The molecule has 0 aliphatic heterocycles. The van der Waals surface area contributed by atoms with Crippen LogP contribution >= 0.6 is 0 Å². The van der Waals surface area contributed by atoms with E-state index >= 15 is 0 Å². The summed E-state index contributed by atoms with van der Waals surface area (Å²) in [6, 6.07) is 20.1. The minimum atomic E-state index is -0.0315. The van der Waals surface area contributed by atoms with Crippen LogP contribution in [0, 0.1) is 6.92 Å². The van der Waals surface area contributed by atoms with E-state index in [9.17, 15) is 4.79 Å². The van der Waals surface area contributed by atoms with Crippen LogP contribution in [-0.2, 0) is 13.1 Å². The summed E-state index contributed by atoms with van der Waals surface area (Å²) in [5.74, 6) is -0.0315. The molecular weight excluding hydrogens is 346 g/mol. The first-order chi connectivity index (χ1) is 13.6. The monoisotopic (exact) mass is 371 g/mol. The topological polar surface area (TPSA) is 38.1 Å². The van der Waals surface area contributed by atoms with Gasteiger partial charge in [0.1, 0.15) is 0 Å². The lowest BCUT2D eigenvalue weighted by atomic mass is 10.1. The lowest BCUT2D eigenvalue weighted by Gasteiger charge is -2.23. The molecule has 4 heteroatoms. The van der Waals surface area contributed by atoms with E-state index < -0.39 is 0 Å². The lowest BCUT2D eigenvalue weighted by Crippen LogP contribution is -2.30. The first-order valence-electron chi connectivity index (χ1n) is 9.35. The van der Waals surface area contributed by atoms with Crippen molar-refractivity contribution >= 4 is 11.6 Å². The van der Waals surface area contributed by atoms with Crippen molar-refractivity contribution in [1.82, 2.24) is 14.7 Å². The molecule has 0 radical (unpaired) electrons. The molecule has 0 unspecified atom stereocenters. The van der Waals surface area contributed by atoms with Gasteiger partial charge in [-0.25, -0.2) is 4.68 Å². The minimum absolute atomic E-state index is 0.0315. The molecule has 142 valence electrons. The Morgan fingerprint density at radius 2 is 1.57 bits per heavy atom. The SMILES string of the molecule is C=C/C(=C\C)n1ncc(C(=O)N(Cc2ccccc2)Cc2ccccc2)c1C. The molecule has 0 saturated heterocycles. The van der Waals surface area contributed by atoms with Crippen LogP contribution in [0.1, 0.15) is 34.1 Å². The molecule has 0 saturated carbocycles. The van der Waals surface area contributed by atoms with Gasteiger partial charge in [-0.3, -0.25) is 4.79 Å². The number of rotatable bonds is 7. The van der Waals surface area contributed by atoms with Gasteiger partial charge in [0.25, 0.3) is 5.91 Å². The Kier molecular flexibility index (Phi) is 6.22. The standard InChI is InChI=1S/C24H25N3O/c1-4-22(5-2)27-19(3)23(16-25-27)24(28)26(17-20-12-8-6-9-13-20)18-21-14-10-7-11-15-21/h4-16H,1,17-18H2,2-3H3/b22-5+. The normalized spacial score (nSPS) is 11.3. The van der Waals surface area contributed by atoms with Gasteiger partial charge in [0.2, 0.25) is 0 Å². The van der Waals surface area contributed by atoms with Crippen LogP contribution in [0.4, 0.5) is 0 Å². The Hall–Kier alpha value is -3.40. The summed E-state index contributed by atoms with van der Waals surface area (Å²) in [5, 5.41) is 4.40. The maximum atomic E-state index is 13.4. The largest absolute Gasteiger partial charge is 0.330 e. The number of hydrogen-bond donors (Lipinski definition) is 0. The lowest BCUT2D eigenvalue weighted by molar-refractivity contribution is 0.0729. The van der Waals surface area contributed by atoms with E-state index in [1.165, 1.54) is 0 Å². The summed E-state index contributed by atoms with van der Waals surface area (Å²) in [6.45, 7) is 8.74. The van der Waals surface area contributed by atoms with Gasteiger partial charge in [-0.1, -0.05) is 73.3 Å². The average Bonchev–Trinajstić information content (AvgIpc) is 3.11. The Balaban J connectivity index is 1.93. The fourth-order valence-corrected chi connectivity index (χ4v) is 3.18. The Labute approximate surface area is 166 Å². The van der Waals surface area contributed by atoms with Gasteiger partial charge in [0.05, 0.1) is 23.2 Å². The summed E-state index contributed by atoms with van der Waals surface area (Å²) in [5.41, 5.74) is 4.46. The Bertz CT molecular complexity index is 930. The van der Waals surface area contributed by atoms with E-state index in [0.717, 1.165) is 22.5 Å². The van der Waals surface area contributed by atoms with Crippen molar-refractivity contribution < 1.29 is 4.79 Å². The molecule has 1 amide bonds. The summed E-state index contributed by atoms with van der Waals surface area (Å²) >= 11 is 0. The smallest absolute Gasteiger partial charge is 0.257 e. The molecule has 3 rings (SSSR count). The zero-order valence-corrected chi connectivity index (χ0v) is 16.4. The zero-order valence-electron chi connectivity index (χ0n) is 16.4. The molecule has 0 spiro atoms. The van der Waals surface area contributed by atoms with E-state index in [2.05, 4.69) is 11.7 Å². The number of carbonyl (C=O) groups is 1. The van der Waals surface area contributed by atoms with Crippen molar-refractivity contribution in [3.05, 3.63) is 108 Å². The quantitative estimate of drug-likeness (QED) is 0.543. The molecule has 0 atom stereocenters. The molecule has 28 heavy (non-hydrogen) atoms. The summed E-state index contributed by atoms with van der Waals surface area (Å²) in [4.78, 5) is 15.3. The average molecular weight is 371 g/mol. The fraction of sp³-hybridized carbons (Fsp3) is 0.167. The van der Waals surface area contributed by atoms with Gasteiger partial charge < -0.3 is 4.90 Å². The fourth-order valence-electron chi connectivity index (χ4n) is 3.18. The van der Waals surface area contributed by atoms with E-state index in [4.69, 9.17) is 0 Å². The number of carbonyl (C=O) groups excluding carboxylic acids is 1. The van der Waals surface area contributed by atoms with Gasteiger partial charge in [-0.2, -0.15) is 5.10 Å². The third kappa shape index (κ3) is 4.29. The highest BCUT2D eigenvalue weighted by Crippen LogP contribution is 2.19. The highest BCUT2D eigenvalue weighted by molar-refractivity contribution is 5.95. The predicted octanol–water partition coefficient (Wildman–Crippen LogP) is 5.08. The van der Waals surface area contributed by atoms with Crippen LogP contribution < -0.4 is 0 Å². The number of allylic oxidation sites excluding steroid dienone is 3. The maximum absolute atomic E-state index is 13.4. The molecule has 0 aliphatic carbocycles.